The van der Waals surface area contributed by atoms with Gasteiger partial charge < -0.3 is 4.98 Å². The SMILES string of the molecule is C=C[C@@]1(C)[C@H](Cl)C[C@H]2[C@H](c3c[nH]c4cccc(c34)C2(C)C)[C@H]1N=C. The summed E-state index contributed by atoms with van der Waals surface area (Å²) in [5, 5.41) is 1.39. The van der Waals surface area contributed by atoms with Crippen LogP contribution in [0.2, 0.25) is 0 Å². The standard InChI is InChI=1S/C21H25ClN2/c1-6-21(4)16(22)10-14-18(19(21)23-5)12-11-24-15-9-7-8-13(17(12)15)20(14,2)3/h6-9,11,14,16,18-19,24H,1,5,10H2,2-4H3/t14-,16+,18-,19+,21-/m0/s1. The van der Waals surface area contributed by atoms with E-state index < -0.39 is 0 Å². The van der Waals surface area contributed by atoms with Crippen LogP contribution in [0.4, 0.5) is 0 Å². The Morgan fingerprint density at radius 2 is 2.08 bits per heavy atom. The van der Waals surface area contributed by atoms with Gasteiger partial charge in [0, 0.05) is 33.8 Å². The molecular formula is C21H25ClN2. The third-order valence-electron chi connectivity index (χ3n) is 6.90. The molecular weight excluding hydrogens is 316 g/mol. The number of rotatable bonds is 2. The Morgan fingerprint density at radius 3 is 2.75 bits per heavy atom. The summed E-state index contributed by atoms with van der Waals surface area (Å²) in [6.07, 6.45) is 5.14. The average Bonchev–Trinajstić information content (AvgIpc) is 2.99. The van der Waals surface area contributed by atoms with Crippen LogP contribution in [0, 0.1) is 11.3 Å². The lowest BCUT2D eigenvalue weighted by Gasteiger charge is -2.55. The van der Waals surface area contributed by atoms with Crippen molar-refractivity contribution in [3.63, 3.8) is 0 Å². The topological polar surface area (TPSA) is 28.1 Å². The number of H-pyrrole nitrogens is 1. The van der Waals surface area contributed by atoms with Crippen molar-refractivity contribution < 1.29 is 0 Å². The molecule has 0 saturated heterocycles. The highest BCUT2D eigenvalue weighted by Gasteiger charge is 2.56. The van der Waals surface area contributed by atoms with Gasteiger partial charge in [0.05, 0.1) is 6.04 Å². The van der Waals surface area contributed by atoms with Gasteiger partial charge in [-0.2, -0.15) is 0 Å². The van der Waals surface area contributed by atoms with E-state index in [1.54, 1.807) is 0 Å². The van der Waals surface area contributed by atoms with Crippen molar-refractivity contribution in [2.24, 2.45) is 16.3 Å². The predicted octanol–water partition coefficient (Wildman–Crippen LogP) is 5.43. The van der Waals surface area contributed by atoms with E-state index in [4.69, 9.17) is 11.6 Å². The van der Waals surface area contributed by atoms with Crippen LogP contribution < -0.4 is 0 Å². The molecule has 0 spiro atoms. The average molecular weight is 341 g/mol. The first kappa shape index (κ1) is 16.0. The molecule has 2 aromatic rings. The summed E-state index contributed by atoms with van der Waals surface area (Å²) in [4.78, 5) is 8.06. The maximum absolute atomic E-state index is 6.88. The number of aromatic nitrogens is 1. The van der Waals surface area contributed by atoms with Crippen molar-refractivity contribution in [2.45, 2.75) is 49.9 Å². The van der Waals surface area contributed by atoms with Crippen molar-refractivity contribution in [3.8, 4) is 0 Å². The Morgan fingerprint density at radius 1 is 1.33 bits per heavy atom. The van der Waals surface area contributed by atoms with E-state index in [0.717, 1.165) is 6.42 Å². The lowest BCUT2D eigenvalue weighted by molar-refractivity contribution is 0.108. The summed E-state index contributed by atoms with van der Waals surface area (Å²) in [7, 11) is 0. The predicted molar refractivity (Wildman–Crippen MR) is 103 cm³/mol. The highest BCUT2D eigenvalue weighted by Crippen LogP contribution is 2.60. The zero-order chi connectivity index (χ0) is 17.3. The molecule has 1 fully saturated rings. The molecule has 4 rings (SSSR count). The number of halogens is 1. The molecule has 2 nitrogen and oxygen atoms in total. The normalized spacial score (nSPS) is 37.0. The number of nitrogens with one attached hydrogen (secondary N) is 1. The van der Waals surface area contributed by atoms with E-state index in [2.05, 4.69) is 68.4 Å². The molecule has 1 N–H and O–H groups in total. The summed E-state index contributed by atoms with van der Waals surface area (Å²) in [5.74, 6) is 0.761. The monoisotopic (exact) mass is 340 g/mol. The lowest BCUT2D eigenvalue weighted by Crippen LogP contribution is -2.54. The third-order valence-corrected chi connectivity index (χ3v) is 7.55. The second kappa shape index (κ2) is 4.98. The first-order valence-corrected chi connectivity index (χ1v) is 9.14. The summed E-state index contributed by atoms with van der Waals surface area (Å²) >= 11 is 6.88. The largest absolute Gasteiger partial charge is 0.361 e. The number of benzene rings is 1. The van der Waals surface area contributed by atoms with E-state index in [0.29, 0.717) is 11.8 Å². The number of hydrogen-bond donors (Lipinski definition) is 1. The van der Waals surface area contributed by atoms with Crippen LogP contribution in [-0.2, 0) is 5.41 Å². The van der Waals surface area contributed by atoms with Crippen LogP contribution in [0.15, 0.2) is 42.0 Å². The van der Waals surface area contributed by atoms with Crippen molar-refractivity contribution >= 4 is 29.2 Å². The second-order valence-electron chi connectivity index (χ2n) is 8.23. The van der Waals surface area contributed by atoms with Gasteiger partial charge in [-0.3, -0.25) is 4.99 Å². The summed E-state index contributed by atoms with van der Waals surface area (Å²) in [5.41, 5.74) is 3.82. The Kier molecular flexibility index (Phi) is 3.31. The number of aliphatic imine (C=N–C) groups is 1. The van der Waals surface area contributed by atoms with E-state index in [1.807, 2.05) is 6.08 Å². The molecule has 2 aliphatic rings. The fourth-order valence-electron chi connectivity index (χ4n) is 5.32. The maximum atomic E-state index is 6.88. The first-order chi connectivity index (χ1) is 11.4. The zero-order valence-corrected chi connectivity index (χ0v) is 15.4. The Bertz CT molecular complexity index is 833. The number of hydrogen-bond acceptors (Lipinski definition) is 1. The van der Waals surface area contributed by atoms with Gasteiger partial charge in [-0.1, -0.05) is 39.0 Å². The lowest BCUT2D eigenvalue weighted by atomic mass is 9.51. The Hall–Kier alpha value is -1.54. The smallest absolute Gasteiger partial charge is 0.0666 e. The Labute approximate surface area is 149 Å². The van der Waals surface area contributed by atoms with Gasteiger partial charge in [-0.15, -0.1) is 18.2 Å². The van der Waals surface area contributed by atoms with Crippen molar-refractivity contribution in [1.82, 2.24) is 4.98 Å². The Balaban J connectivity index is 2.03. The summed E-state index contributed by atoms with van der Waals surface area (Å²) in [6.45, 7) is 14.9. The molecule has 0 radical (unpaired) electrons. The number of fused-ring (bicyclic) bond motifs is 2. The number of alkyl halides is 1. The molecule has 126 valence electrons. The molecule has 0 amide bonds. The molecule has 1 aromatic heterocycles. The van der Waals surface area contributed by atoms with Gasteiger partial charge in [0.2, 0.25) is 0 Å². The number of nitrogens with zero attached hydrogens (tertiary/aromatic N) is 1. The molecule has 0 unspecified atom stereocenters. The molecule has 3 heteroatoms. The molecule has 24 heavy (non-hydrogen) atoms. The molecule has 0 aliphatic heterocycles. The van der Waals surface area contributed by atoms with Crippen LogP contribution in [0.5, 0.6) is 0 Å². The summed E-state index contributed by atoms with van der Waals surface area (Å²) in [6, 6.07) is 6.63. The van der Waals surface area contributed by atoms with Gasteiger partial charge >= 0.3 is 0 Å². The van der Waals surface area contributed by atoms with Gasteiger partial charge in [-0.25, -0.2) is 0 Å². The quantitative estimate of drug-likeness (QED) is 0.429. The van der Waals surface area contributed by atoms with Crippen LogP contribution in [-0.4, -0.2) is 23.1 Å². The minimum atomic E-state index is -0.240. The highest BCUT2D eigenvalue weighted by molar-refractivity contribution is 6.21. The molecule has 1 aromatic carbocycles. The van der Waals surface area contributed by atoms with Crippen LogP contribution in [0.1, 0.15) is 44.2 Å². The van der Waals surface area contributed by atoms with E-state index in [1.165, 1.54) is 22.0 Å². The fourth-order valence-corrected chi connectivity index (χ4v) is 5.73. The minimum absolute atomic E-state index is 0.0192. The molecule has 2 aliphatic carbocycles. The maximum Gasteiger partial charge on any atom is 0.0666 e. The van der Waals surface area contributed by atoms with Gasteiger partial charge in [0.25, 0.3) is 0 Å². The van der Waals surface area contributed by atoms with Crippen LogP contribution in [0.25, 0.3) is 10.9 Å². The summed E-state index contributed by atoms with van der Waals surface area (Å²) < 4.78 is 0. The highest BCUT2D eigenvalue weighted by atomic mass is 35.5. The van der Waals surface area contributed by atoms with Crippen LogP contribution in [0.3, 0.4) is 0 Å². The van der Waals surface area contributed by atoms with E-state index >= 15 is 0 Å². The van der Waals surface area contributed by atoms with Crippen molar-refractivity contribution in [1.29, 1.82) is 0 Å². The fraction of sp³-hybridized carbons (Fsp3) is 0.476. The second-order valence-corrected chi connectivity index (χ2v) is 8.75. The molecule has 1 heterocycles. The third kappa shape index (κ3) is 1.75. The van der Waals surface area contributed by atoms with Gasteiger partial charge in [0.15, 0.2) is 0 Å². The molecule has 1 saturated carbocycles. The van der Waals surface area contributed by atoms with Crippen molar-refractivity contribution in [3.05, 3.63) is 48.2 Å². The van der Waals surface area contributed by atoms with Crippen LogP contribution >= 0.6 is 11.6 Å². The molecule has 5 atom stereocenters. The van der Waals surface area contributed by atoms with Crippen molar-refractivity contribution in [2.75, 3.05) is 0 Å². The minimum Gasteiger partial charge on any atom is -0.361 e. The zero-order valence-electron chi connectivity index (χ0n) is 14.6. The van der Waals surface area contributed by atoms with E-state index in [-0.39, 0.29) is 22.2 Å². The first-order valence-electron chi connectivity index (χ1n) is 8.70. The van der Waals surface area contributed by atoms with Gasteiger partial charge in [0.1, 0.15) is 0 Å². The number of aromatic amines is 1. The van der Waals surface area contributed by atoms with E-state index in [9.17, 15) is 0 Å². The van der Waals surface area contributed by atoms with Gasteiger partial charge in [-0.05, 0) is 41.7 Å². The molecule has 0 bridgehead atoms.